The van der Waals surface area contributed by atoms with Gasteiger partial charge in [0.2, 0.25) is 0 Å². The molecule has 0 saturated heterocycles. The molecule has 1 aromatic carbocycles. The monoisotopic (exact) mass is 216 g/mol. The topological polar surface area (TPSA) is 38.4 Å². The molecule has 1 aromatic rings. The predicted octanol–water partition coefficient (Wildman–Crippen LogP) is 1.88. The molecule has 4 heteroatoms. The zero-order valence-corrected chi connectivity index (χ0v) is 7.18. The smallest absolute Gasteiger partial charge is 0.146 e. The van der Waals surface area contributed by atoms with Crippen molar-refractivity contribution in [3.05, 3.63) is 34.1 Å². The van der Waals surface area contributed by atoms with E-state index in [4.69, 9.17) is 5.84 Å². The first kappa shape index (κ1) is 8.20. The Kier molecular flexibility index (Phi) is 2.59. The van der Waals surface area contributed by atoms with Gasteiger partial charge in [-0.1, -0.05) is 12.1 Å². The Morgan fingerprint density at radius 2 is 2.27 bits per heavy atom. The van der Waals surface area contributed by atoms with Gasteiger partial charge in [0.15, 0.2) is 0 Å². The highest BCUT2D eigenvalue weighted by atomic mass is 79.9. The summed E-state index contributed by atoms with van der Waals surface area (Å²) in [6, 6.07) is 4.92. The molecule has 0 spiro atoms. The fourth-order valence-corrected chi connectivity index (χ4v) is 1.08. The summed E-state index contributed by atoms with van der Waals surface area (Å²) in [5.74, 6) is 4.52. The Balaban J connectivity index is 3.16. The minimum atomic E-state index is -0.346. The third kappa shape index (κ3) is 1.77. The summed E-state index contributed by atoms with van der Waals surface area (Å²) in [5, 5.41) is 3.22. The molecule has 0 radical (unpaired) electrons. The summed E-state index contributed by atoms with van der Waals surface area (Å²) in [7, 11) is 0. The van der Waals surface area contributed by atoms with Crippen molar-refractivity contribution in [1.29, 1.82) is 0 Å². The van der Waals surface area contributed by atoms with Crippen LogP contribution < -0.4 is 5.84 Å². The molecule has 11 heavy (non-hydrogen) atoms. The summed E-state index contributed by atoms with van der Waals surface area (Å²) < 4.78 is 13.4. The van der Waals surface area contributed by atoms with Gasteiger partial charge >= 0.3 is 0 Å². The van der Waals surface area contributed by atoms with Crippen molar-refractivity contribution < 1.29 is 4.39 Å². The molecule has 1 rings (SSSR count). The fourth-order valence-electron chi connectivity index (χ4n) is 0.700. The lowest BCUT2D eigenvalue weighted by Crippen LogP contribution is -1.91. The van der Waals surface area contributed by atoms with Crippen LogP contribution in [0.2, 0.25) is 0 Å². The van der Waals surface area contributed by atoms with Gasteiger partial charge in [0, 0.05) is 5.56 Å². The molecular weight excluding hydrogens is 211 g/mol. The Labute approximate surface area is 72.0 Å². The van der Waals surface area contributed by atoms with Gasteiger partial charge in [0.25, 0.3) is 0 Å². The molecule has 0 aromatic heterocycles. The van der Waals surface area contributed by atoms with Crippen LogP contribution in [-0.4, -0.2) is 6.21 Å². The molecule has 2 N–H and O–H groups in total. The van der Waals surface area contributed by atoms with E-state index in [1.54, 1.807) is 18.2 Å². The van der Waals surface area contributed by atoms with E-state index in [1.165, 1.54) is 6.21 Å². The van der Waals surface area contributed by atoms with Crippen molar-refractivity contribution in [1.82, 2.24) is 0 Å². The second kappa shape index (κ2) is 3.48. The zero-order valence-electron chi connectivity index (χ0n) is 5.59. The quantitative estimate of drug-likeness (QED) is 0.435. The van der Waals surface area contributed by atoms with Crippen LogP contribution in [0.25, 0.3) is 0 Å². The number of hydrogen-bond donors (Lipinski definition) is 1. The van der Waals surface area contributed by atoms with Gasteiger partial charge in [0.1, 0.15) is 5.82 Å². The number of nitrogens with two attached hydrogens (primary N) is 1. The van der Waals surface area contributed by atoms with E-state index in [1.807, 2.05) is 0 Å². The first-order chi connectivity index (χ1) is 5.25. The van der Waals surface area contributed by atoms with Crippen LogP contribution in [0, 0.1) is 5.82 Å². The third-order valence-corrected chi connectivity index (χ3v) is 1.81. The predicted molar refractivity (Wildman–Crippen MR) is 45.9 cm³/mol. The summed E-state index contributed by atoms with van der Waals surface area (Å²) in [6.45, 7) is 0. The van der Waals surface area contributed by atoms with Crippen molar-refractivity contribution in [3.63, 3.8) is 0 Å². The van der Waals surface area contributed by atoms with E-state index in [2.05, 4.69) is 21.0 Å². The van der Waals surface area contributed by atoms with Gasteiger partial charge in [-0.2, -0.15) is 5.10 Å². The van der Waals surface area contributed by atoms with Crippen molar-refractivity contribution >= 4 is 22.1 Å². The molecule has 58 valence electrons. The Morgan fingerprint density at radius 3 is 2.91 bits per heavy atom. The SMILES string of the molecule is NN=Cc1cccc(Br)c1F. The number of hydrazone groups is 1. The summed E-state index contributed by atoms with van der Waals surface area (Å²) in [6.07, 6.45) is 1.26. The number of benzene rings is 1. The minimum absolute atomic E-state index is 0.346. The van der Waals surface area contributed by atoms with Gasteiger partial charge in [-0.25, -0.2) is 4.39 Å². The van der Waals surface area contributed by atoms with Crippen LogP contribution in [-0.2, 0) is 0 Å². The molecule has 0 aliphatic heterocycles. The fraction of sp³-hybridized carbons (Fsp3) is 0. The van der Waals surface area contributed by atoms with Gasteiger partial charge in [-0.05, 0) is 22.0 Å². The van der Waals surface area contributed by atoms with Crippen LogP contribution >= 0.6 is 15.9 Å². The maximum absolute atomic E-state index is 13.0. The standard InChI is InChI=1S/C7H6BrFN2/c8-6-3-1-2-5(4-11-10)7(6)9/h1-4H,10H2. The Morgan fingerprint density at radius 1 is 1.55 bits per heavy atom. The van der Waals surface area contributed by atoms with Crippen LogP contribution in [0.4, 0.5) is 4.39 Å². The Hall–Kier alpha value is -0.900. The third-order valence-electron chi connectivity index (χ3n) is 1.20. The lowest BCUT2D eigenvalue weighted by Gasteiger charge is -1.96. The molecule has 0 saturated carbocycles. The van der Waals surface area contributed by atoms with Gasteiger partial charge in [-0.15, -0.1) is 0 Å². The van der Waals surface area contributed by atoms with E-state index in [9.17, 15) is 4.39 Å². The van der Waals surface area contributed by atoms with Crippen molar-refractivity contribution in [2.45, 2.75) is 0 Å². The minimum Gasteiger partial charge on any atom is -0.323 e. The molecule has 0 heterocycles. The molecule has 0 atom stereocenters. The highest BCUT2D eigenvalue weighted by Crippen LogP contribution is 2.16. The molecule has 0 aliphatic rings. The lowest BCUT2D eigenvalue weighted by molar-refractivity contribution is 0.619. The lowest BCUT2D eigenvalue weighted by atomic mass is 10.2. The Bertz CT molecular complexity index is 286. The highest BCUT2D eigenvalue weighted by molar-refractivity contribution is 9.10. The second-order valence-corrected chi connectivity index (χ2v) is 2.78. The highest BCUT2D eigenvalue weighted by Gasteiger charge is 2.01. The number of hydrogen-bond acceptors (Lipinski definition) is 2. The van der Waals surface area contributed by atoms with Crippen molar-refractivity contribution in [3.8, 4) is 0 Å². The van der Waals surface area contributed by atoms with Gasteiger partial charge in [0.05, 0.1) is 10.7 Å². The molecule has 2 nitrogen and oxygen atoms in total. The van der Waals surface area contributed by atoms with E-state index in [0.29, 0.717) is 10.0 Å². The van der Waals surface area contributed by atoms with Crippen molar-refractivity contribution in [2.75, 3.05) is 0 Å². The molecule has 0 unspecified atom stereocenters. The number of nitrogens with zero attached hydrogens (tertiary/aromatic N) is 1. The molecule has 0 aliphatic carbocycles. The maximum Gasteiger partial charge on any atom is 0.146 e. The zero-order chi connectivity index (χ0) is 8.27. The van der Waals surface area contributed by atoms with Crippen LogP contribution in [0.5, 0.6) is 0 Å². The van der Waals surface area contributed by atoms with Gasteiger partial charge in [-0.3, -0.25) is 0 Å². The largest absolute Gasteiger partial charge is 0.323 e. The summed E-state index contributed by atoms with van der Waals surface area (Å²) in [5.41, 5.74) is 0.377. The normalized spacial score (nSPS) is 10.7. The van der Waals surface area contributed by atoms with Crippen molar-refractivity contribution in [2.24, 2.45) is 10.9 Å². The second-order valence-electron chi connectivity index (χ2n) is 1.92. The van der Waals surface area contributed by atoms with Crippen LogP contribution in [0.1, 0.15) is 5.56 Å². The first-order valence-corrected chi connectivity index (χ1v) is 3.72. The molecule has 0 bridgehead atoms. The van der Waals surface area contributed by atoms with Crippen LogP contribution in [0.3, 0.4) is 0 Å². The average molecular weight is 217 g/mol. The van der Waals surface area contributed by atoms with Gasteiger partial charge < -0.3 is 5.84 Å². The first-order valence-electron chi connectivity index (χ1n) is 2.93. The average Bonchev–Trinajstić information content (AvgIpc) is 1.99. The number of rotatable bonds is 1. The van der Waals surface area contributed by atoms with Crippen LogP contribution in [0.15, 0.2) is 27.8 Å². The molecule has 0 amide bonds. The number of halogens is 2. The summed E-state index contributed by atoms with van der Waals surface area (Å²) >= 11 is 3.04. The molecule has 0 fully saturated rings. The summed E-state index contributed by atoms with van der Waals surface area (Å²) in [4.78, 5) is 0. The van der Waals surface area contributed by atoms with E-state index >= 15 is 0 Å². The maximum atomic E-state index is 13.0. The van der Waals surface area contributed by atoms with E-state index in [-0.39, 0.29) is 5.82 Å². The van der Waals surface area contributed by atoms with E-state index in [0.717, 1.165) is 0 Å². The van der Waals surface area contributed by atoms with E-state index < -0.39 is 0 Å². The molecular formula is C7H6BrFN2.